The van der Waals surface area contributed by atoms with E-state index in [-0.39, 0.29) is 17.9 Å². The van der Waals surface area contributed by atoms with Crippen LogP contribution >= 0.6 is 0 Å². The topological polar surface area (TPSA) is 88.0 Å². The first-order valence-corrected chi connectivity index (χ1v) is 13.0. The molecule has 0 fully saturated rings. The molecule has 1 atom stereocenters. The van der Waals surface area contributed by atoms with Gasteiger partial charge in [0.1, 0.15) is 12.3 Å². The molecule has 3 heterocycles. The van der Waals surface area contributed by atoms with Gasteiger partial charge in [0.15, 0.2) is 11.5 Å². The van der Waals surface area contributed by atoms with Crippen molar-refractivity contribution in [2.75, 3.05) is 26.6 Å². The highest BCUT2D eigenvalue weighted by atomic mass is 16.5. The van der Waals surface area contributed by atoms with E-state index in [1.165, 1.54) is 0 Å². The molecule has 0 radical (unpaired) electrons. The van der Waals surface area contributed by atoms with Crippen molar-refractivity contribution in [2.24, 2.45) is 0 Å². The zero-order chi connectivity index (χ0) is 26.9. The molecule has 8 heteroatoms. The quantitative estimate of drug-likeness (QED) is 0.403. The van der Waals surface area contributed by atoms with Crippen molar-refractivity contribution in [3.05, 3.63) is 59.4 Å². The Labute approximate surface area is 222 Å². The lowest BCUT2D eigenvalue weighted by atomic mass is 9.70. The van der Waals surface area contributed by atoms with Crippen LogP contribution in [0.4, 0.5) is 5.69 Å². The van der Waals surface area contributed by atoms with Crippen LogP contribution in [0.25, 0.3) is 11.1 Å². The summed E-state index contributed by atoms with van der Waals surface area (Å²) in [6.07, 6.45) is 3.97. The minimum Gasteiger partial charge on any atom is -0.493 e. The van der Waals surface area contributed by atoms with E-state index in [1.54, 1.807) is 33.5 Å². The maximum atomic E-state index is 13.6. The molecule has 200 valence electrons. The van der Waals surface area contributed by atoms with Crippen LogP contribution in [0.5, 0.6) is 17.2 Å². The number of carbonyl (C=O) groups is 2. The number of rotatable bonds is 7. The number of carbonyl (C=O) groups excluding carboxylic acids is 2. The van der Waals surface area contributed by atoms with Gasteiger partial charge >= 0.3 is 5.97 Å². The molecule has 38 heavy (non-hydrogen) atoms. The summed E-state index contributed by atoms with van der Waals surface area (Å²) in [6, 6.07) is 13.3. The van der Waals surface area contributed by atoms with Gasteiger partial charge in [0.2, 0.25) is 11.7 Å². The molecule has 0 saturated carbocycles. The van der Waals surface area contributed by atoms with Gasteiger partial charge in [0.05, 0.1) is 21.3 Å². The lowest BCUT2D eigenvalue weighted by Gasteiger charge is -2.39. The molecule has 0 unspecified atom stereocenters. The number of hydrogen-bond acceptors (Lipinski definition) is 6. The second-order valence-corrected chi connectivity index (χ2v) is 9.84. The highest BCUT2D eigenvalue weighted by Gasteiger charge is 2.41. The van der Waals surface area contributed by atoms with Crippen LogP contribution in [-0.4, -0.2) is 37.8 Å². The molecule has 0 bridgehead atoms. The Morgan fingerprint density at radius 2 is 1.79 bits per heavy atom. The molecule has 1 amide bonds. The maximum absolute atomic E-state index is 13.6. The number of amides is 1. The van der Waals surface area contributed by atoms with Crippen LogP contribution in [0.15, 0.2) is 42.5 Å². The monoisotopic (exact) mass is 518 g/mol. The first-order valence-electron chi connectivity index (χ1n) is 13.0. The third kappa shape index (κ3) is 4.27. The normalized spacial score (nSPS) is 18.2. The van der Waals surface area contributed by atoms with Gasteiger partial charge < -0.3 is 28.8 Å². The second-order valence-electron chi connectivity index (χ2n) is 9.84. The van der Waals surface area contributed by atoms with Crippen LogP contribution in [0.1, 0.15) is 60.8 Å². The Bertz CT molecular complexity index is 1380. The third-order valence-corrected chi connectivity index (χ3v) is 7.99. The molecular formula is C30H34N2O6. The van der Waals surface area contributed by atoms with Gasteiger partial charge in [-0.1, -0.05) is 25.1 Å². The molecule has 5 rings (SSSR count). The van der Waals surface area contributed by atoms with Gasteiger partial charge in [-0.3, -0.25) is 4.79 Å². The van der Waals surface area contributed by atoms with Crippen LogP contribution in [-0.2, 0) is 28.1 Å². The van der Waals surface area contributed by atoms with E-state index < -0.39 is 5.97 Å². The number of hydrogen-bond donors (Lipinski definition) is 1. The number of aromatic nitrogens is 1. The van der Waals surface area contributed by atoms with E-state index in [2.05, 4.69) is 16.8 Å². The number of para-hydroxylation sites is 1. The van der Waals surface area contributed by atoms with Crippen LogP contribution in [0.2, 0.25) is 0 Å². The van der Waals surface area contributed by atoms with Gasteiger partial charge in [-0.25, -0.2) is 4.79 Å². The van der Waals surface area contributed by atoms with Crippen LogP contribution in [0, 0.1) is 0 Å². The first-order chi connectivity index (χ1) is 18.5. The van der Waals surface area contributed by atoms with Gasteiger partial charge in [0.25, 0.3) is 0 Å². The Kier molecular flexibility index (Phi) is 7.06. The van der Waals surface area contributed by atoms with Crippen molar-refractivity contribution in [3.8, 4) is 28.4 Å². The molecule has 1 N–H and O–H groups in total. The Balaban J connectivity index is 1.56. The fourth-order valence-electron chi connectivity index (χ4n) is 6.07. The third-order valence-electron chi connectivity index (χ3n) is 7.99. The zero-order valence-electron chi connectivity index (χ0n) is 22.4. The molecular weight excluding hydrogens is 484 g/mol. The van der Waals surface area contributed by atoms with E-state index in [9.17, 15) is 9.59 Å². The molecule has 2 aliphatic rings. The van der Waals surface area contributed by atoms with Crippen molar-refractivity contribution < 1.29 is 28.5 Å². The zero-order valence-corrected chi connectivity index (χ0v) is 22.4. The lowest BCUT2D eigenvalue weighted by Crippen LogP contribution is -2.35. The summed E-state index contributed by atoms with van der Waals surface area (Å²) in [6.45, 7) is 2.92. The molecule has 0 saturated heterocycles. The van der Waals surface area contributed by atoms with Gasteiger partial charge in [-0.2, -0.15) is 0 Å². The Morgan fingerprint density at radius 3 is 2.53 bits per heavy atom. The highest BCUT2D eigenvalue weighted by Crippen LogP contribution is 2.49. The minimum absolute atomic E-state index is 0.0176. The van der Waals surface area contributed by atoms with Crippen molar-refractivity contribution in [2.45, 2.75) is 57.6 Å². The lowest BCUT2D eigenvalue weighted by molar-refractivity contribution is -0.116. The summed E-state index contributed by atoms with van der Waals surface area (Å²) in [5, 5.41) is 3.09. The summed E-state index contributed by atoms with van der Waals surface area (Å²) < 4.78 is 24.4. The molecule has 0 spiro atoms. The summed E-state index contributed by atoms with van der Waals surface area (Å²) in [7, 11) is 4.64. The number of methoxy groups -OCH3 is 3. The van der Waals surface area contributed by atoms with E-state index in [4.69, 9.17) is 18.9 Å². The summed E-state index contributed by atoms with van der Waals surface area (Å²) in [5.41, 5.74) is 4.81. The number of nitrogens with zero attached hydrogens (tertiary/aromatic N) is 1. The number of anilines is 1. The number of nitrogens with one attached hydrogen (secondary N) is 1. The van der Waals surface area contributed by atoms with Gasteiger partial charge in [-0.05, 0) is 49.9 Å². The smallest absolute Gasteiger partial charge is 0.355 e. The van der Waals surface area contributed by atoms with E-state index in [0.717, 1.165) is 54.7 Å². The van der Waals surface area contributed by atoms with Gasteiger partial charge in [0, 0.05) is 46.5 Å². The highest BCUT2D eigenvalue weighted by molar-refractivity contribution is 5.98. The molecule has 0 aliphatic carbocycles. The van der Waals surface area contributed by atoms with Crippen LogP contribution in [0.3, 0.4) is 0 Å². The van der Waals surface area contributed by atoms with E-state index >= 15 is 0 Å². The van der Waals surface area contributed by atoms with Crippen molar-refractivity contribution in [1.82, 2.24) is 4.57 Å². The fourth-order valence-corrected chi connectivity index (χ4v) is 6.07. The van der Waals surface area contributed by atoms with E-state index in [1.807, 2.05) is 30.3 Å². The standard InChI is InChI=1S/C30H34N2O6/c1-5-30-14-8-16-32-23(29(34)38-18-19-11-12-24(35-2)27(37-4)26(19)36-3)17-21(28(30)32)20-9-6-7-10-22(20)31-25(33)13-15-30/h6-7,9-12,17H,5,8,13-16,18H2,1-4H3,(H,31,33)/t30-/m1/s1. The number of fused-ring (bicyclic) bond motifs is 2. The SMILES string of the molecule is CC[C@]12CCCn3c(C(=O)OCc4ccc(OC)c(OC)c4OC)cc(c31)-c1ccccc1NC(=O)CC2. The largest absolute Gasteiger partial charge is 0.493 e. The summed E-state index contributed by atoms with van der Waals surface area (Å²) in [4.78, 5) is 26.4. The van der Waals surface area contributed by atoms with Crippen molar-refractivity contribution in [3.63, 3.8) is 0 Å². The second kappa shape index (κ2) is 10.4. The van der Waals surface area contributed by atoms with Crippen molar-refractivity contribution in [1.29, 1.82) is 0 Å². The molecule has 1 aromatic heterocycles. The number of ether oxygens (including phenoxy) is 4. The fraction of sp³-hybridized carbons (Fsp3) is 0.400. The Hall–Kier alpha value is -3.94. The average molecular weight is 519 g/mol. The number of esters is 1. The van der Waals surface area contributed by atoms with Crippen LogP contribution < -0.4 is 19.5 Å². The van der Waals surface area contributed by atoms with Gasteiger partial charge in [-0.15, -0.1) is 0 Å². The number of benzene rings is 2. The molecule has 8 nitrogen and oxygen atoms in total. The summed E-state index contributed by atoms with van der Waals surface area (Å²) in [5.74, 6) is 1.07. The first kappa shape index (κ1) is 25.7. The summed E-state index contributed by atoms with van der Waals surface area (Å²) >= 11 is 0. The minimum atomic E-state index is -0.403. The molecule has 2 aromatic carbocycles. The molecule has 3 aromatic rings. The molecule has 2 aliphatic heterocycles. The Morgan fingerprint density at radius 1 is 1.00 bits per heavy atom. The maximum Gasteiger partial charge on any atom is 0.355 e. The average Bonchev–Trinajstić information content (AvgIpc) is 3.36. The predicted octanol–water partition coefficient (Wildman–Crippen LogP) is 5.71. The van der Waals surface area contributed by atoms with Crippen molar-refractivity contribution >= 4 is 17.6 Å². The predicted molar refractivity (Wildman–Crippen MR) is 144 cm³/mol. The van der Waals surface area contributed by atoms with E-state index in [0.29, 0.717) is 34.9 Å².